The molecule has 0 amide bonds. The van der Waals surface area contributed by atoms with Crippen LogP contribution < -0.4 is 10.1 Å². The lowest BCUT2D eigenvalue weighted by atomic mass is 10.1. The molecule has 1 N–H and O–H groups in total. The SMILES string of the molecule is CNC(c1cnc(OC)nc1)c1coc(C)n1. The van der Waals surface area contributed by atoms with E-state index in [9.17, 15) is 0 Å². The topological polar surface area (TPSA) is 73.1 Å². The Bertz CT molecular complexity index is 480. The molecule has 0 radical (unpaired) electrons. The first kappa shape index (κ1) is 11.5. The minimum Gasteiger partial charge on any atom is -0.467 e. The van der Waals surface area contributed by atoms with Crippen LogP contribution in [0, 0.1) is 6.92 Å². The highest BCUT2D eigenvalue weighted by atomic mass is 16.5. The average Bonchev–Trinajstić information content (AvgIpc) is 2.78. The predicted molar refractivity (Wildman–Crippen MR) is 60.7 cm³/mol. The van der Waals surface area contributed by atoms with Crippen LogP contribution in [0.4, 0.5) is 0 Å². The highest BCUT2D eigenvalue weighted by Crippen LogP contribution is 2.20. The molecule has 2 heterocycles. The van der Waals surface area contributed by atoms with Crippen LogP contribution in [0.5, 0.6) is 6.01 Å². The third kappa shape index (κ3) is 2.42. The zero-order chi connectivity index (χ0) is 12.3. The molecule has 2 rings (SSSR count). The molecule has 0 bridgehead atoms. The van der Waals surface area contributed by atoms with E-state index in [1.54, 1.807) is 25.6 Å². The molecule has 2 aromatic rings. The second-order valence-electron chi connectivity index (χ2n) is 3.52. The number of nitrogens with zero attached hydrogens (tertiary/aromatic N) is 3. The van der Waals surface area contributed by atoms with Crippen molar-refractivity contribution in [2.24, 2.45) is 0 Å². The molecule has 0 saturated carbocycles. The van der Waals surface area contributed by atoms with E-state index < -0.39 is 0 Å². The summed E-state index contributed by atoms with van der Waals surface area (Å²) < 4.78 is 10.1. The minimum absolute atomic E-state index is 0.0849. The van der Waals surface area contributed by atoms with Crippen LogP contribution in [0.15, 0.2) is 23.1 Å². The lowest BCUT2D eigenvalue weighted by Crippen LogP contribution is -2.18. The molecule has 0 fully saturated rings. The molecule has 0 aliphatic heterocycles. The van der Waals surface area contributed by atoms with Gasteiger partial charge in [0.15, 0.2) is 5.89 Å². The molecule has 0 spiro atoms. The molecule has 6 nitrogen and oxygen atoms in total. The Hall–Kier alpha value is -1.95. The number of aromatic nitrogens is 3. The Morgan fingerprint density at radius 2 is 2.06 bits per heavy atom. The van der Waals surface area contributed by atoms with Crippen molar-refractivity contribution in [2.45, 2.75) is 13.0 Å². The monoisotopic (exact) mass is 234 g/mol. The number of nitrogens with one attached hydrogen (secondary N) is 1. The maximum atomic E-state index is 5.20. The fraction of sp³-hybridized carbons (Fsp3) is 0.364. The van der Waals surface area contributed by atoms with Gasteiger partial charge in [-0.25, -0.2) is 15.0 Å². The van der Waals surface area contributed by atoms with E-state index in [2.05, 4.69) is 20.3 Å². The van der Waals surface area contributed by atoms with Gasteiger partial charge in [-0.2, -0.15) is 0 Å². The standard InChI is InChI=1S/C11H14N4O2/c1-7-15-9(6-17-7)10(12-2)8-4-13-11(16-3)14-5-8/h4-6,10,12H,1-3H3. The zero-order valence-electron chi connectivity index (χ0n) is 9.97. The fourth-order valence-corrected chi connectivity index (χ4v) is 1.58. The Labute approximate surface area is 99.1 Å². The minimum atomic E-state index is -0.0849. The Morgan fingerprint density at radius 1 is 1.35 bits per heavy atom. The van der Waals surface area contributed by atoms with Gasteiger partial charge in [0.1, 0.15) is 12.0 Å². The van der Waals surface area contributed by atoms with Crippen molar-refractivity contribution in [1.82, 2.24) is 20.3 Å². The smallest absolute Gasteiger partial charge is 0.316 e. The quantitative estimate of drug-likeness (QED) is 0.853. The number of methoxy groups -OCH3 is 1. The molecule has 17 heavy (non-hydrogen) atoms. The van der Waals surface area contributed by atoms with Crippen LogP contribution >= 0.6 is 0 Å². The van der Waals surface area contributed by atoms with E-state index in [1.165, 1.54) is 7.11 Å². The molecule has 6 heteroatoms. The third-order valence-electron chi connectivity index (χ3n) is 2.39. The first-order valence-electron chi connectivity index (χ1n) is 5.20. The summed E-state index contributed by atoms with van der Waals surface area (Å²) in [5.74, 6) is 0.634. The first-order valence-corrected chi connectivity index (χ1v) is 5.20. The lowest BCUT2D eigenvalue weighted by molar-refractivity contribution is 0.378. The maximum absolute atomic E-state index is 5.20. The van der Waals surface area contributed by atoms with Gasteiger partial charge in [-0.1, -0.05) is 0 Å². The van der Waals surface area contributed by atoms with Crippen LogP contribution in [-0.2, 0) is 0 Å². The molecular weight excluding hydrogens is 220 g/mol. The van der Waals surface area contributed by atoms with Gasteiger partial charge in [-0.3, -0.25) is 0 Å². The van der Waals surface area contributed by atoms with Crippen LogP contribution in [0.1, 0.15) is 23.2 Å². The number of hydrogen-bond acceptors (Lipinski definition) is 6. The number of oxazole rings is 1. The van der Waals surface area contributed by atoms with Gasteiger partial charge in [0, 0.05) is 24.9 Å². The summed E-state index contributed by atoms with van der Waals surface area (Å²) in [5.41, 5.74) is 1.71. The summed E-state index contributed by atoms with van der Waals surface area (Å²) in [6, 6.07) is 0.262. The Morgan fingerprint density at radius 3 is 2.53 bits per heavy atom. The second-order valence-corrected chi connectivity index (χ2v) is 3.52. The van der Waals surface area contributed by atoms with Crippen LogP contribution in [-0.4, -0.2) is 29.1 Å². The summed E-state index contributed by atoms with van der Waals surface area (Å²) in [4.78, 5) is 12.4. The van der Waals surface area contributed by atoms with E-state index in [0.29, 0.717) is 11.9 Å². The summed E-state index contributed by atoms with van der Waals surface area (Å²) in [6.07, 6.45) is 5.04. The van der Waals surface area contributed by atoms with Crippen molar-refractivity contribution < 1.29 is 9.15 Å². The van der Waals surface area contributed by atoms with Crippen LogP contribution in [0.3, 0.4) is 0 Å². The Kier molecular flexibility index (Phi) is 3.34. The summed E-state index contributed by atoms with van der Waals surface area (Å²) >= 11 is 0. The maximum Gasteiger partial charge on any atom is 0.316 e. The molecule has 1 unspecified atom stereocenters. The lowest BCUT2D eigenvalue weighted by Gasteiger charge is -2.12. The van der Waals surface area contributed by atoms with Gasteiger partial charge in [0.05, 0.1) is 13.2 Å². The molecule has 0 aliphatic carbocycles. The largest absolute Gasteiger partial charge is 0.467 e. The third-order valence-corrected chi connectivity index (χ3v) is 2.39. The number of rotatable bonds is 4. The molecule has 90 valence electrons. The van der Waals surface area contributed by atoms with E-state index >= 15 is 0 Å². The van der Waals surface area contributed by atoms with Crippen molar-refractivity contribution in [3.63, 3.8) is 0 Å². The van der Waals surface area contributed by atoms with Crippen LogP contribution in [0.2, 0.25) is 0 Å². The Balaban J connectivity index is 2.28. The molecule has 2 aromatic heterocycles. The fourth-order valence-electron chi connectivity index (χ4n) is 1.58. The molecule has 0 saturated heterocycles. The molecular formula is C11H14N4O2. The highest BCUT2D eigenvalue weighted by molar-refractivity contribution is 5.22. The summed E-state index contributed by atoms with van der Waals surface area (Å²) in [6.45, 7) is 1.81. The van der Waals surface area contributed by atoms with Gasteiger partial charge in [0.25, 0.3) is 0 Å². The molecule has 0 aromatic carbocycles. The normalized spacial score (nSPS) is 12.4. The first-order chi connectivity index (χ1) is 8.24. The highest BCUT2D eigenvalue weighted by Gasteiger charge is 2.16. The van der Waals surface area contributed by atoms with Gasteiger partial charge in [0.2, 0.25) is 0 Å². The number of aryl methyl sites for hydroxylation is 1. The van der Waals surface area contributed by atoms with Gasteiger partial charge in [-0.05, 0) is 7.05 Å². The van der Waals surface area contributed by atoms with E-state index in [0.717, 1.165) is 11.3 Å². The van der Waals surface area contributed by atoms with Crippen LogP contribution in [0.25, 0.3) is 0 Å². The van der Waals surface area contributed by atoms with Gasteiger partial charge >= 0.3 is 6.01 Å². The van der Waals surface area contributed by atoms with E-state index in [4.69, 9.17) is 9.15 Å². The summed E-state index contributed by atoms with van der Waals surface area (Å²) in [7, 11) is 3.38. The number of hydrogen-bond donors (Lipinski definition) is 1. The molecule has 1 atom stereocenters. The van der Waals surface area contributed by atoms with Crippen molar-refractivity contribution in [3.8, 4) is 6.01 Å². The number of ether oxygens (including phenoxy) is 1. The molecule has 0 aliphatic rings. The predicted octanol–water partition coefficient (Wildman–Crippen LogP) is 1.09. The van der Waals surface area contributed by atoms with Crippen molar-refractivity contribution in [1.29, 1.82) is 0 Å². The average molecular weight is 234 g/mol. The van der Waals surface area contributed by atoms with Crippen molar-refractivity contribution >= 4 is 0 Å². The van der Waals surface area contributed by atoms with Gasteiger partial charge < -0.3 is 14.5 Å². The summed E-state index contributed by atoms with van der Waals surface area (Å²) in [5, 5.41) is 3.14. The van der Waals surface area contributed by atoms with E-state index in [-0.39, 0.29) is 6.04 Å². The van der Waals surface area contributed by atoms with Crippen molar-refractivity contribution in [2.75, 3.05) is 14.2 Å². The van der Waals surface area contributed by atoms with Crippen molar-refractivity contribution in [3.05, 3.63) is 35.8 Å². The van der Waals surface area contributed by atoms with Gasteiger partial charge in [-0.15, -0.1) is 0 Å². The second kappa shape index (κ2) is 4.92. The van der Waals surface area contributed by atoms with E-state index in [1.807, 2.05) is 7.05 Å². The zero-order valence-corrected chi connectivity index (χ0v) is 9.97.